The second kappa shape index (κ2) is 9.96. The second-order valence-corrected chi connectivity index (χ2v) is 7.80. The van der Waals surface area contributed by atoms with Gasteiger partial charge in [0, 0.05) is 28.9 Å². The molecule has 1 N–H and O–H groups in total. The lowest BCUT2D eigenvalue weighted by Crippen LogP contribution is -2.38. The van der Waals surface area contributed by atoms with E-state index in [1.165, 1.54) is 29.5 Å². The van der Waals surface area contributed by atoms with E-state index in [4.69, 9.17) is 0 Å². The van der Waals surface area contributed by atoms with E-state index in [0.29, 0.717) is 37.9 Å². The lowest BCUT2D eigenvalue weighted by Gasteiger charge is -2.37. The minimum atomic E-state index is -3.21. The molecule has 0 unspecified atom stereocenters. The first kappa shape index (κ1) is 22.1. The van der Waals surface area contributed by atoms with Crippen molar-refractivity contribution >= 4 is 23.0 Å². The Morgan fingerprint density at radius 3 is 2.37 bits per heavy atom. The molecule has 1 aliphatic carbocycles. The highest BCUT2D eigenvalue weighted by Crippen LogP contribution is 2.38. The first-order valence-electron chi connectivity index (χ1n) is 9.24. The van der Waals surface area contributed by atoms with Gasteiger partial charge in [-0.25, -0.2) is 0 Å². The summed E-state index contributed by atoms with van der Waals surface area (Å²) in [4.78, 5) is 18.1. The van der Waals surface area contributed by atoms with Gasteiger partial charge in [-0.3, -0.25) is 9.78 Å². The molecule has 0 atom stereocenters. The Labute approximate surface area is 174 Å². The fourth-order valence-corrected chi connectivity index (χ4v) is 4.20. The molecule has 1 aliphatic rings. The van der Waals surface area contributed by atoms with E-state index in [-0.39, 0.29) is 6.04 Å². The van der Waals surface area contributed by atoms with Gasteiger partial charge in [0.2, 0.25) is 0 Å². The summed E-state index contributed by atoms with van der Waals surface area (Å²) in [6, 6.07) is 3.86. The molecule has 1 heterocycles. The van der Waals surface area contributed by atoms with Gasteiger partial charge >= 0.3 is 19.2 Å². The van der Waals surface area contributed by atoms with Crippen molar-refractivity contribution in [3.8, 4) is 11.5 Å². The maximum atomic E-state index is 12.8. The van der Waals surface area contributed by atoms with Crippen LogP contribution in [0.25, 0.3) is 0 Å². The zero-order chi connectivity index (χ0) is 21.7. The van der Waals surface area contributed by atoms with Crippen molar-refractivity contribution in [2.24, 2.45) is 5.92 Å². The average Bonchev–Trinajstić information content (AvgIpc) is 3.20. The number of thiazole rings is 1. The molecule has 11 heteroatoms. The summed E-state index contributed by atoms with van der Waals surface area (Å²) < 4.78 is 59.5. The van der Waals surface area contributed by atoms with E-state index < -0.39 is 36.6 Å². The van der Waals surface area contributed by atoms with Crippen molar-refractivity contribution in [1.82, 2.24) is 4.98 Å². The summed E-state index contributed by atoms with van der Waals surface area (Å²) in [7, 11) is 0. The van der Waals surface area contributed by atoms with E-state index in [2.05, 4.69) is 14.5 Å². The Morgan fingerprint density at radius 2 is 1.80 bits per heavy atom. The number of alkyl halides is 4. The van der Waals surface area contributed by atoms with Gasteiger partial charge in [0.05, 0.1) is 18.0 Å². The van der Waals surface area contributed by atoms with Crippen LogP contribution in [0.4, 0.5) is 23.2 Å². The number of benzene rings is 1. The smallest absolute Gasteiger partial charge is 0.387 e. The van der Waals surface area contributed by atoms with Crippen LogP contribution in [0.15, 0.2) is 29.9 Å². The molecular weight excluding hydrogens is 428 g/mol. The molecule has 1 aromatic carbocycles. The Morgan fingerprint density at radius 1 is 1.13 bits per heavy atom. The molecule has 1 aromatic heterocycles. The fourth-order valence-electron chi connectivity index (χ4n) is 3.61. The Kier molecular flexibility index (Phi) is 7.35. The van der Waals surface area contributed by atoms with Crippen LogP contribution in [0, 0.1) is 5.92 Å². The molecule has 1 saturated carbocycles. The van der Waals surface area contributed by atoms with Gasteiger partial charge in [-0.15, -0.1) is 11.3 Å². The van der Waals surface area contributed by atoms with Crippen LogP contribution in [0.3, 0.4) is 0 Å². The number of aliphatic carboxylic acids is 1. The van der Waals surface area contributed by atoms with E-state index in [1.807, 2.05) is 4.90 Å². The molecule has 0 spiro atoms. The van der Waals surface area contributed by atoms with Crippen molar-refractivity contribution in [3.05, 3.63) is 34.8 Å². The summed E-state index contributed by atoms with van der Waals surface area (Å²) in [5, 5.41) is 9.23. The van der Waals surface area contributed by atoms with E-state index in [0.717, 1.165) is 4.88 Å². The highest BCUT2D eigenvalue weighted by molar-refractivity contribution is 7.09. The minimum absolute atomic E-state index is 0.0519. The molecule has 0 saturated heterocycles. The molecule has 0 radical (unpaired) electrons. The maximum Gasteiger partial charge on any atom is 0.387 e. The summed E-state index contributed by atoms with van der Waals surface area (Å²) >= 11 is 1.42. The zero-order valence-electron chi connectivity index (χ0n) is 15.7. The number of aromatic nitrogens is 1. The number of hydrogen-bond acceptors (Lipinski definition) is 6. The quantitative estimate of drug-likeness (QED) is 0.545. The molecule has 6 nitrogen and oxygen atoms in total. The van der Waals surface area contributed by atoms with Crippen LogP contribution in [-0.4, -0.2) is 35.3 Å². The molecule has 3 rings (SSSR count). The Balaban J connectivity index is 1.89. The van der Waals surface area contributed by atoms with Crippen LogP contribution in [0.1, 0.15) is 30.6 Å². The van der Waals surface area contributed by atoms with E-state index in [1.54, 1.807) is 11.7 Å². The SMILES string of the molecule is O=C(O)[C@H]1CC[C@@H](N(Cc2cncs2)c2ccc(OC(F)F)c(OC(F)F)c2)CC1. The van der Waals surface area contributed by atoms with Crippen LogP contribution in [0.2, 0.25) is 0 Å². The lowest BCUT2D eigenvalue weighted by atomic mass is 9.85. The third kappa shape index (κ3) is 5.74. The summed E-state index contributed by atoms with van der Waals surface area (Å²) in [5.74, 6) is -2.22. The number of carbonyl (C=O) groups is 1. The van der Waals surface area contributed by atoms with Crippen LogP contribution in [0.5, 0.6) is 11.5 Å². The monoisotopic (exact) mass is 448 g/mol. The van der Waals surface area contributed by atoms with Crippen molar-refractivity contribution in [1.29, 1.82) is 0 Å². The van der Waals surface area contributed by atoms with Crippen LogP contribution >= 0.6 is 11.3 Å². The van der Waals surface area contributed by atoms with Gasteiger partial charge < -0.3 is 19.5 Å². The number of ether oxygens (including phenoxy) is 2. The Hall–Kier alpha value is -2.56. The fraction of sp³-hybridized carbons (Fsp3) is 0.474. The molecule has 30 heavy (non-hydrogen) atoms. The predicted molar refractivity (Wildman–Crippen MR) is 101 cm³/mol. The van der Waals surface area contributed by atoms with Crippen molar-refractivity contribution in [2.75, 3.05) is 4.90 Å². The normalized spacial score (nSPS) is 19.1. The van der Waals surface area contributed by atoms with Crippen molar-refractivity contribution in [2.45, 2.75) is 51.5 Å². The van der Waals surface area contributed by atoms with Crippen molar-refractivity contribution < 1.29 is 36.9 Å². The highest BCUT2D eigenvalue weighted by atomic mass is 32.1. The molecule has 2 aromatic rings. The predicted octanol–water partition coefficient (Wildman–Crippen LogP) is 5.00. The number of carboxylic acid groups (broad SMARTS) is 1. The van der Waals surface area contributed by atoms with E-state index >= 15 is 0 Å². The number of halogens is 4. The molecule has 1 fully saturated rings. The number of rotatable bonds is 9. The summed E-state index contributed by atoms with van der Waals surface area (Å²) in [6.45, 7) is -5.98. The van der Waals surface area contributed by atoms with Gasteiger partial charge in [0.25, 0.3) is 0 Å². The molecule has 164 valence electrons. The van der Waals surface area contributed by atoms with Gasteiger partial charge in [-0.1, -0.05) is 0 Å². The lowest BCUT2D eigenvalue weighted by molar-refractivity contribution is -0.142. The van der Waals surface area contributed by atoms with Gasteiger partial charge in [0.1, 0.15) is 0 Å². The zero-order valence-corrected chi connectivity index (χ0v) is 16.5. The standard InChI is InChI=1S/C19H20F4N2O4S/c20-18(21)28-15-6-5-13(7-16(15)29-19(22)23)25(9-14-8-24-10-30-14)12-3-1-11(2-4-12)17(26)27/h5-8,10-12,18-19H,1-4,9H2,(H,26,27)/t11-,12+. The van der Waals surface area contributed by atoms with Gasteiger partial charge in [-0.2, -0.15) is 17.6 Å². The Bertz CT molecular complexity index is 830. The van der Waals surface area contributed by atoms with E-state index in [9.17, 15) is 27.5 Å². The third-order valence-electron chi connectivity index (χ3n) is 4.99. The summed E-state index contributed by atoms with van der Waals surface area (Å²) in [5.41, 5.74) is 2.15. The molecule has 0 aliphatic heterocycles. The van der Waals surface area contributed by atoms with Gasteiger partial charge in [-0.05, 0) is 37.8 Å². The largest absolute Gasteiger partial charge is 0.481 e. The number of carboxylic acids is 1. The summed E-state index contributed by atoms with van der Waals surface area (Å²) in [6.07, 6.45) is 3.86. The number of nitrogens with zero attached hydrogens (tertiary/aromatic N) is 2. The molecule has 0 amide bonds. The minimum Gasteiger partial charge on any atom is -0.481 e. The topological polar surface area (TPSA) is 71.9 Å². The average molecular weight is 448 g/mol. The number of hydrogen-bond donors (Lipinski definition) is 1. The van der Waals surface area contributed by atoms with Crippen LogP contribution < -0.4 is 14.4 Å². The van der Waals surface area contributed by atoms with Gasteiger partial charge in [0.15, 0.2) is 11.5 Å². The first-order valence-corrected chi connectivity index (χ1v) is 10.1. The molecular formula is C19H20F4N2O4S. The molecule has 0 bridgehead atoms. The highest BCUT2D eigenvalue weighted by Gasteiger charge is 2.30. The maximum absolute atomic E-state index is 12.8. The number of anilines is 1. The second-order valence-electron chi connectivity index (χ2n) is 6.83. The van der Waals surface area contributed by atoms with Crippen LogP contribution in [-0.2, 0) is 11.3 Å². The first-order chi connectivity index (χ1) is 14.3. The van der Waals surface area contributed by atoms with Crippen molar-refractivity contribution in [3.63, 3.8) is 0 Å². The third-order valence-corrected chi connectivity index (χ3v) is 5.75.